The zero-order valence-electron chi connectivity index (χ0n) is 19.1. The van der Waals surface area contributed by atoms with Gasteiger partial charge in [0.15, 0.2) is 0 Å². The van der Waals surface area contributed by atoms with Crippen LogP contribution >= 0.6 is 0 Å². The molecule has 0 spiro atoms. The summed E-state index contributed by atoms with van der Waals surface area (Å²) in [5, 5.41) is 13.1. The van der Waals surface area contributed by atoms with Crippen molar-refractivity contribution in [3.63, 3.8) is 0 Å². The first-order valence-electron chi connectivity index (χ1n) is 11.3. The lowest BCUT2D eigenvalue weighted by Gasteiger charge is -2.22. The van der Waals surface area contributed by atoms with E-state index in [9.17, 15) is 27.6 Å². The Hall–Kier alpha value is -3.56. The van der Waals surface area contributed by atoms with Crippen molar-refractivity contribution in [2.75, 3.05) is 6.61 Å². The van der Waals surface area contributed by atoms with E-state index in [-0.39, 0.29) is 18.9 Å². The first-order chi connectivity index (χ1) is 16.6. The molecule has 7 nitrogen and oxygen atoms in total. The fraction of sp³-hybridized carbons (Fsp3) is 0.400. The number of benzene rings is 2. The van der Waals surface area contributed by atoms with Crippen LogP contribution in [0, 0.1) is 0 Å². The Balaban J connectivity index is 1.58. The molecule has 0 saturated carbocycles. The van der Waals surface area contributed by atoms with E-state index < -0.39 is 49.1 Å². The third kappa shape index (κ3) is 6.74. The molecule has 0 radical (unpaired) electrons. The van der Waals surface area contributed by atoms with Crippen LogP contribution in [0.3, 0.4) is 0 Å². The number of carboxylic acid groups (broad SMARTS) is 1. The van der Waals surface area contributed by atoms with Crippen LogP contribution in [0.15, 0.2) is 48.5 Å². The van der Waals surface area contributed by atoms with Crippen molar-refractivity contribution in [1.82, 2.24) is 10.6 Å². The molecular weight excluding hydrogens is 465 g/mol. The number of alkyl halides is 3. The molecule has 2 atom stereocenters. The molecule has 1 aliphatic carbocycles. The fourth-order valence-electron chi connectivity index (χ4n) is 4.18. The number of rotatable bonds is 10. The highest BCUT2D eigenvalue weighted by atomic mass is 19.4. The lowest BCUT2D eigenvalue weighted by atomic mass is 9.98. The number of nitrogens with one attached hydrogen (secondary N) is 2. The molecular formula is C25H27F3N2O5. The highest BCUT2D eigenvalue weighted by Gasteiger charge is 2.41. The van der Waals surface area contributed by atoms with Crippen LogP contribution in [0.4, 0.5) is 18.0 Å². The van der Waals surface area contributed by atoms with Gasteiger partial charge in [-0.05, 0) is 35.1 Å². The van der Waals surface area contributed by atoms with Gasteiger partial charge in [-0.2, -0.15) is 13.2 Å². The van der Waals surface area contributed by atoms with Crippen molar-refractivity contribution >= 4 is 18.0 Å². The average molecular weight is 492 g/mol. The van der Waals surface area contributed by atoms with Gasteiger partial charge in [-0.15, -0.1) is 0 Å². The number of hydrogen-bond acceptors (Lipinski definition) is 4. The zero-order valence-corrected chi connectivity index (χ0v) is 19.1. The highest BCUT2D eigenvalue weighted by Crippen LogP contribution is 2.44. The van der Waals surface area contributed by atoms with Crippen molar-refractivity contribution in [3.05, 3.63) is 59.7 Å². The van der Waals surface area contributed by atoms with Crippen LogP contribution < -0.4 is 10.6 Å². The van der Waals surface area contributed by atoms with Gasteiger partial charge in [0.2, 0.25) is 5.91 Å². The predicted octanol–water partition coefficient (Wildman–Crippen LogP) is 4.61. The van der Waals surface area contributed by atoms with E-state index in [0.717, 1.165) is 22.3 Å². The maximum atomic E-state index is 13.5. The third-order valence-electron chi connectivity index (χ3n) is 5.97. The summed E-state index contributed by atoms with van der Waals surface area (Å²) in [7, 11) is 0. The topological polar surface area (TPSA) is 105 Å². The van der Waals surface area contributed by atoms with E-state index in [0.29, 0.717) is 6.42 Å². The van der Waals surface area contributed by atoms with Gasteiger partial charge in [-0.3, -0.25) is 9.59 Å². The molecule has 2 aromatic carbocycles. The number of halogens is 3. The van der Waals surface area contributed by atoms with Gasteiger partial charge in [-0.1, -0.05) is 55.5 Å². The molecule has 188 valence electrons. The summed E-state index contributed by atoms with van der Waals surface area (Å²) in [5.41, 5.74) is 3.84. The first-order valence-corrected chi connectivity index (χ1v) is 11.3. The largest absolute Gasteiger partial charge is 0.481 e. The quantitative estimate of drug-likeness (QED) is 0.450. The van der Waals surface area contributed by atoms with Gasteiger partial charge in [-0.25, -0.2) is 4.79 Å². The Bertz CT molecular complexity index is 1030. The monoisotopic (exact) mass is 492 g/mol. The van der Waals surface area contributed by atoms with Crippen molar-refractivity contribution in [1.29, 1.82) is 0 Å². The number of fused-ring (bicyclic) bond motifs is 3. The van der Waals surface area contributed by atoms with E-state index in [2.05, 4.69) is 5.32 Å². The summed E-state index contributed by atoms with van der Waals surface area (Å²) < 4.78 is 45.6. The van der Waals surface area contributed by atoms with Crippen molar-refractivity contribution in [2.45, 2.75) is 56.8 Å². The molecule has 0 aromatic heterocycles. The number of amides is 2. The minimum absolute atomic E-state index is 0.141. The Morgan fingerprint density at radius 2 is 1.57 bits per heavy atom. The van der Waals surface area contributed by atoms with Gasteiger partial charge in [0.05, 0.1) is 6.42 Å². The maximum absolute atomic E-state index is 13.5. The molecule has 0 saturated heterocycles. The zero-order chi connectivity index (χ0) is 25.6. The lowest BCUT2D eigenvalue weighted by Crippen LogP contribution is -2.46. The molecule has 2 aromatic rings. The number of alkyl carbamates (subject to hydrolysis) is 1. The van der Waals surface area contributed by atoms with Crippen LogP contribution in [0.25, 0.3) is 11.1 Å². The standard InChI is InChI=1S/C25H27F3N2O5/c1-2-15(13-23(32)33)29-22(31)12-11-21(25(26,27)28)30-24(34)35-14-20-18-9-5-3-7-16(18)17-8-4-6-10-19(17)20/h3-10,15,20-21H,2,11-14H2,1H3,(H,29,31)(H,30,34)(H,32,33)/t15-,21+/m1/s1. The van der Waals surface area contributed by atoms with E-state index in [1.807, 2.05) is 53.8 Å². The normalized spacial score (nSPS) is 14.4. The van der Waals surface area contributed by atoms with E-state index in [1.54, 1.807) is 6.92 Å². The molecule has 0 heterocycles. The van der Waals surface area contributed by atoms with Crippen LogP contribution in [-0.4, -0.2) is 47.9 Å². The molecule has 0 unspecified atom stereocenters. The van der Waals surface area contributed by atoms with Crippen molar-refractivity contribution in [2.24, 2.45) is 0 Å². The molecule has 3 N–H and O–H groups in total. The third-order valence-corrected chi connectivity index (χ3v) is 5.97. The Morgan fingerprint density at radius 3 is 2.09 bits per heavy atom. The van der Waals surface area contributed by atoms with E-state index >= 15 is 0 Å². The van der Waals surface area contributed by atoms with E-state index in [1.165, 1.54) is 0 Å². The van der Waals surface area contributed by atoms with Gasteiger partial charge >= 0.3 is 18.2 Å². The van der Waals surface area contributed by atoms with Gasteiger partial charge in [0.1, 0.15) is 12.6 Å². The maximum Gasteiger partial charge on any atom is 0.408 e. The SMILES string of the molecule is CC[C@H](CC(=O)O)NC(=O)CC[C@H](NC(=O)OCC1c2ccccc2-c2ccccc21)C(F)(F)F. The fourth-order valence-corrected chi connectivity index (χ4v) is 4.18. The molecule has 10 heteroatoms. The predicted molar refractivity (Wildman–Crippen MR) is 122 cm³/mol. The summed E-state index contributed by atoms with van der Waals surface area (Å²) in [6.07, 6.45) is -7.28. The molecule has 2 amide bonds. The number of carbonyl (C=O) groups is 3. The number of aliphatic carboxylic acids is 1. The molecule has 0 bridgehead atoms. The second kappa shape index (κ2) is 11.2. The Labute approximate surface area is 200 Å². The average Bonchev–Trinajstić information content (AvgIpc) is 3.12. The number of carboxylic acids is 1. The van der Waals surface area contributed by atoms with Crippen LogP contribution in [-0.2, 0) is 14.3 Å². The second-order valence-electron chi connectivity index (χ2n) is 8.37. The minimum atomic E-state index is -4.79. The van der Waals surface area contributed by atoms with E-state index in [4.69, 9.17) is 9.84 Å². The van der Waals surface area contributed by atoms with Crippen molar-refractivity contribution < 1.29 is 37.4 Å². The molecule has 0 fully saturated rings. The summed E-state index contributed by atoms with van der Waals surface area (Å²) in [4.78, 5) is 35.1. The Morgan fingerprint density at radius 1 is 1.00 bits per heavy atom. The minimum Gasteiger partial charge on any atom is -0.481 e. The summed E-state index contributed by atoms with van der Waals surface area (Å²) in [6, 6.07) is 12.2. The molecule has 1 aliphatic rings. The summed E-state index contributed by atoms with van der Waals surface area (Å²) in [6.45, 7) is 1.52. The van der Waals surface area contributed by atoms with Gasteiger partial charge < -0.3 is 20.5 Å². The number of carbonyl (C=O) groups excluding carboxylic acids is 2. The number of hydrogen-bond donors (Lipinski definition) is 3. The summed E-state index contributed by atoms with van der Waals surface area (Å²) in [5.74, 6) is -2.15. The lowest BCUT2D eigenvalue weighted by molar-refractivity contribution is -0.156. The molecule has 0 aliphatic heterocycles. The summed E-state index contributed by atoms with van der Waals surface area (Å²) >= 11 is 0. The van der Waals surface area contributed by atoms with Gasteiger partial charge in [0, 0.05) is 18.4 Å². The van der Waals surface area contributed by atoms with Crippen LogP contribution in [0.1, 0.15) is 49.7 Å². The molecule has 3 rings (SSSR count). The Kier molecular flexibility index (Phi) is 8.37. The van der Waals surface area contributed by atoms with Gasteiger partial charge in [0.25, 0.3) is 0 Å². The number of ether oxygens (including phenoxy) is 1. The second-order valence-corrected chi connectivity index (χ2v) is 8.37. The highest BCUT2D eigenvalue weighted by molar-refractivity contribution is 5.79. The smallest absolute Gasteiger partial charge is 0.408 e. The molecule has 35 heavy (non-hydrogen) atoms. The first kappa shape index (κ1) is 26.1. The van der Waals surface area contributed by atoms with Crippen LogP contribution in [0.5, 0.6) is 0 Å². The van der Waals surface area contributed by atoms with Crippen LogP contribution in [0.2, 0.25) is 0 Å². The van der Waals surface area contributed by atoms with Crippen molar-refractivity contribution in [3.8, 4) is 11.1 Å².